The molecule has 0 atom stereocenters. The number of anilines is 1. The lowest BCUT2D eigenvalue weighted by Gasteiger charge is -2.08. The van der Waals surface area contributed by atoms with Crippen molar-refractivity contribution in [2.24, 2.45) is 0 Å². The van der Waals surface area contributed by atoms with Gasteiger partial charge in [-0.3, -0.25) is 10.1 Å². The highest BCUT2D eigenvalue weighted by Gasteiger charge is 2.21. The summed E-state index contributed by atoms with van der Waals surface area (Å²) < 4.78 is 7.67. The van der Waals surface area contributed by atoms with Crippen LogP contribution in [0.1, 0.15) is 29.9 Å². The van der Waals surface area contributed by atoms with Gasteiger partial charge in [0.15, 0.2) is 5.13 Å². The molecule has 5 nitrogen and oxygen atoms in total. The van der Waals surface area contributed by atoms with Crippen molar-refractivity contribution in [2.45, 2.75) is 27.3 Å². The van der Waals surface area contributed by atoms with Crippen LogP contribution in [-0.2, 0) is 6.54 Å². The summed E-state index contributed by atoms with van der Waals surface area (Å²) in [6.45, 7) is 7.32. The molecule has 0 spiro atoms. The lowest BCUT2D eigenvalue weighted by atomic mass is 10.1. The smallest absolute Gasteiger partial charge is 0.274 e. The topological polar surface area (TPSA) is 56.1 Å². The van der Waals surface area contributed by atoms with Crippen molar-refractivity contribution in [2.75, 3.05) is 11.9 Å². The maximum absolute atomic E-state index is 13.1. The number of nitrogens with one attached hydrogen (secondary N) is 1. The maximum atomic E-state index is 13.1. The van der Waals surface area contributed by atoms with Gasteiger partial charge in [0.05, 0.1) is 17.2 Å². The van der Waals surface area contributed by atoms with Crippen LogP contribution in [-0.4, -0.2) is 22.1 Å². The first kappa shape index (κ1) is 18.7. The average molecular weight is 412 g/mol. The van der Waals surface area contributed by atoms with E-state index in [2.05, 4.69) is 10.3 Å². The van der Waals surface area contributed by atoms with Gasteiger partial charge in [0.25, 0.3) is 5.91 Å². The number of aryl methyl sites for hydroxylation is 2. The summed E-state index contributed by atoms with van der Waals surface area (Å²) >= 11 is 3.08. The zero-order chi connectivity index (χ0) is 19.7. The van der Waals surface area contributed by atoms with Crippen molar-refractivity contribution in [1.29, 1.82) is 0 Å². The molecule has 0 aliphatic rings. The molecule has 4 aromatic rings. The number of aromatic nitrogens is 2. The molecule has 0 saturated carbocycles. The molecule has 7 heteroatoms. The normalized spacial score (nSPS) is 11.1. The molecule has 1 amide bonds. The highest BCUT2D eigenvalue weighted by atomic mass is 32.1. The number of fused-ring (bicyclic) bond motifs is 1. The van der Waals surface area contributed by atoms with Crippen LogP contribution >= 0.6 is 22.7 Å². The predicted molar refractivity (Wildman–Crippen MR) is 117 cm³/mol. The molecule has 0 bridgehead atoms. The second-order valence-electron chi connectivity index (χ2n) is 6.30. The molecule has 144 valence electrons. The van der Waals surface area contributed by atoms with Crippen LogP contribution in [0.25, 0.3) is 21.5 Å². The second-order valence-corrected chi connectivity index (χ2v) is 8.10. The minimum absolute atomic E-state index is 0.138. The molecule has 0 aliphatic heterocycles. The fourth-order valence-corrected chi connectivity index (χ4v) is 4.87. The number of thiazole rings is 1. The Labute approximate surface area is 171 Å². The largest absolute Gasteiger partial charge is 0.494 e. The standard InChI is InChI=1S/C21H21N3O2S2/c1-4-24-17-9-8-14(26-5-2)11-15(17)13(3)19(24)20(25)23-21-22-16(12-28-21)18-7-6-10-27-18/h6-12H,4-5H2,1-3H3,(H,22,23,25). The minimum Gasteiger partial charge on any atom is -0.494 e. The van der Waals surface area contributed by atoms with Crippen molar-refractivity contribution >= 4 is 44.6 Å². The molecule has 0 radical (unpaired) electrons. The number of rotatable bonds is 6. The van der Waals surface area contributed by atoms with E-state index in [4.69, 9.17) is 4.74 Å². The highest BCUT2D eigenvalue weighted by Crippen LogP contribution is 2.31. The van der Waals surface area contributed by atoms with Crippen molar-refractivity contribution in [3.8, 4) is 16.3 Å². The molecule has 4 rings (SSSR count). The first-order valence-corrected chi connectivity index (χ1v) is 10.9. The quantitative estimate of drug-likeness (QED) is 0.436. The van der Waals surface area contributed by atoms with Gasteiger partial charge in [0.2, 0.25) is 0 Å². The summed E-state index contributed by atoms with van der Waals surface area (Å²) in [6, 6.07) is 10.0. The van der Waals surface area contributed by atoms with Gasteiger partial charge in [-0.05, 0) is 56.0 Å². The van der Waals surface area contributed by atoms with E-state index in [-0.39, 0.29) is 5.91 Å². The molecule has 1 aromatic carbocycles. The summed E-state index contributed by atoms with van der Waals surface area (Å²) in [6.07, 6.45) is 0. The van der Waals surface area contributed by atoms with Gasteiger partial charge in [-0.15, -0.1) is 22.7 Å². The molecule has 3 heterocycles. The third kappa shape index (κ3) is 3.31. The van der Waals surface area contributed by atoms with E-state index >= 15 is 0 Å². The molecule has 0 fully saturated rings. The third-order valence-corrected chi connectivity index (χ3v) is 6.28. The number of ether oxygens (including phenoxy) is 1. The summed E-state index contributed by atoms with van der Waals surface area (Å²) in [4.78, 5) is 18.8. The zero-order valence-corrected chi connectivity index (χ0v) is 17.6. The van der Waals surface area contributed by atoms with E-state index in [1.165, 1.54) is 11.3 Å². The van der Waals surface area contributed by atoms with Gasteiger partial charge in [-0.25, -0.2) is 4.98 Å². The van der Waals surface area contributed by atoms with Crippen LogP contribution in [0.2, 0.25) is 0 Å². The second kappa shape index (κ2) is 7.77. The number of hydrogen-bond acceptors (Lipinski definition) is 5. The number of benzene rings is 1. The van der Waals surface area contributed by atoms with E-state index in [1.807, 2.05) is 66.4 Å². The van der Waals surface area contributed by atoms with Crippen molar-refractivity contribution in [3.63, 3.8) is 0 Å². The molecular weight excluding hydrogens is 390 g/mol. The molecule has 28 heavy (non-hydrogen) atoms. The Morgan fingerprint density at radius 2 is 2.11 bits per heavy atom. The lowest BCUT2D eigenvalue weighted by molar-refractivity contribution is 0.101. The Bertz CT molecular complexity index is 1130. The number of nitrogens with zero attached hydrogens (tertiary/aromatic N) is 2. The Hall–Kier alpha value is -2.64. The summed E-state index contributed by atoms with van der Waals surface area (Å²) in [5, 5.41) is 8.61. The maximum Gasteiger partial charge on any atom is 0.274 e. The van der Waals surface area contributed by atoms with E-state index in [1.54, 1.807) is 11.3 Å². The number of carbonyl (C=O) groups is 1. The molecule has 0 unspecified atom stereocenters. The Morgan fingerprint density at radius 3 is 2.82 bits per heavy atom. The lowest BCUT2D eigenvalue weighted by Crippen LogP contribution is -2.17. The fourth-order valence-electron chi connectivity index (χ4n) is 3.40. The van der Waals surface area contributed by atoms with Crippen LogP contribution in [0, 0.1) is 6.92 Å². The highest BCUT2D eigenvalue weighted by molar-refractivity contribution is 7.16. The van der Waals surface area contributed by atoms with Crippen LogP contribution < -0.4 is 10.1 Å². The molecule has 3 aromatic heterocycles. The van der Waals surface area contributed by atoms with Crippen LogP contribution in [0.5, 0.6) is 5.75 Å². The van der Waals surface area contributed by atoms with Crippen molar-refractivity contribution in [1.82, 2.24) is 9.55 Å². The van der Waals surface area contributed by atoms with E-state index in [0.29, 0.717) is 24.0 Å². The average Bonchev–Trinajstić information content (AvgIpc) is 3.41. The van der Waals surface area contributed by atoms with Crippen LogP contribution in [0.3, 0.4) is 0 Å². The van der Waals surface area contributed by atoms with E-state index < -0.39 is 0 Å². The Kier molecular flexibility index (Phi) is 5.19. The zero-order valence-electron chi connectivity index (χ0n) is 16.0. The Balaban J connectivity index is 1.68. The predicted octanol–water partition coefficient (Wildman–Crippen LogP) is 5.81. The van der Waals surface area contributed by atoms with Crippen LogP contribution in [0.4, 0.5) is 5.13 Å². The number of thiophene rings is 1. The van der Waals surface area contributed by atoms with Crippen molar-refractivity contribution in [3.05, 3.63) is 52.3 Å². The molecule has 0 saturated heterocycles. The fraction of sp³-hybridized carbons (Fsp3) is 0.238. The van der Waals surface area contributed by atoms with Gasteiger partial charge in [0, 0.05) is 22.8 Å². The van der Waals surface area contributed by atoms with Gasteiger partial charge in [-0.1, -0.05) is 6.07 Å². The third-order valence-electron chi connectivity index (χ3n) is 4.63. The van der Waals surface area contributed by atoms with Crippen LogP contribution in [0.15, 0.2) is 41.1 Å². The van der Waals surface area contributed by atoms with Crippen molar-refractivity contribution < 1.29 is 9.53 Å². The van der Waals surface area contributed by atoms with E-state index in [0.717, 1.165) is 32.8 Å². The van der Waals surface area contributed by atoms with Gasteiger partial charge in [0.1, 0.15) is 11.4 Å². The van der Waals surface area contributed by atoms with Gasteiger partial charge >= 0.3 is 0 Å². The number of amides is 1. The monoisotopic (exact) mass is 411 g/mol. The summed E-state index contributed by atoms with van der Waals surface area (Å²) in [5.74, 6) is 0.680. The van der Waals surface area contributed by atoms with Gasteiger partial charge < -0.3 is 9.30 Å². The molecule has 0 aliphatic carbocycles. The Morgan fingerprint density at radius 1 is 1.25 bits per heavy atom. The first-order chi connectivity index (χ1) is 13.6. The summed E-state index contributed by atoms with van der Waals surface area (Å²) in [5.41, 5.74) is 3.54. The summed E-state index contributed by atoms with van der Waals surface area (Å²) in [7, 11) is 0. The van der Waals surface area contributed by atoms with E-state index in [9.17, 15) is 4.79 Å². The first-order valence-electron chi connectivity index (χ1n) is 9.18. The number of carbonyl (C=O) groups excluding carboxylic acids is 1. The minimum atomic E-state index is -0.138. The molecular formula is C21H21N3O2S2. The molecule has 1 N–H and O–H groups in total. The van der Waals surface area contributed by atoms with Gasteiger partial charge in [-0.2, -0.15) is 0 Å². The SMILES string of the molecule is CCOc1ccc2c(c1)c(C)c(C(=O)Nc1nc(-c3cccs3)cs1)n2CC. The number of hydrogen-bond donors (Lipinski definition) is 1.